The highest BCUT2D eigenvalue weighted by Gasteiger charge is 2.27. The van der Waals surface area contributed by atoms with Gasteiger partial charge >= 0.3 is 0 Å². The van der Waals surface area contributed by atoms with Crippen molar-refractivity contribution in [1.29, 1.82) is 0 Å². The average Bonchev–Trinajstić information content (AvgIpc) is 2.56. The van der Waals surface area contributed by atoms with Crippen molar-refractivity contribution in [1.82, 2.24) is 0 Å². The van der Waals surface area contributed by atoms with Crippen LogP contribution in [0.3, 0.4) is 0 Å². The molecule has 1 atom stereocenters. The maximum absolute atomic E-state index is 2.43. The summed E-state index contributed by atoms with van der Waals surface area (Å²) in [7, 11) is 4.86. The maximum Gasteiger partial charge on any atom is 0.104 e. The first kappa shape index (κ1) is 21.2. The molecule has 24 heavy (non-hydrogen) atoms. The summed E-state index contributed by atoms with van der Waals surface area (Å²) in [5, 5.41) is 0. The second kappa shape index (κ2) is 12.5. The van der Waals surface area contributed by atoms with Crippen LogP contribution in [0.25, 0.3) is 0 Å². The number of nitrogens with zero attached hydrogens (tertiary/aromatic N) is 1. The lowest BCUT2D eigenvalue weighted by Crippen LogP contribution is -2.48. The molecule has 1 nitrogen and oxygen atoms in total. The van der Waals surface area contributed by atoms with E-state index in [1.54, 1.807) is 0 Å². The highest BCUT2D eigenvalue weighted by atomic mass is 15.3. The summed E-state index contributed by atoms with van der Waals surface area (Å²) in [6.07, 6.45) is 15.4. The predicted octanol–water partition coefficient (Wildman–Crippen LogP) is 6.96. The van der Waals surface area contributed by atoms with Gasteiger partial charge in [0, 0.05) is 5.56 Å². The molecule has 1 aromatic carbocycles. The van der Waals surface area contributed by atoms with Crippen LogP contribution in [0, 0.1) is 0 Å². The molecule has 0 saturated heterocycles. The topological polar surface area (TPSA) is 0 Å². The third-order valence-electron chi connectivity index (χ3n) is 5.43. The molecular formula is C23H42N+. The fraction of sp³-hybridized carbons (Fsp3) is 0.739. The lowest BCUT2D eigenvalue weighted by atomic mass is 9.99. The number of benzene rings is 1. The van der Waals surface area contributed by atoms with E-state index in [1.165, 1.54) is 76.2 Å². The molecule has 0 bridgehead atoms. The van der Waals surface area contributed by atoms with E-state index in [9.17, 15) is 0 Å². The molecule has 0 heterocycles. The highest BCUT2D eigenvalue weighted by Crippen LogP contribution is 2.23. The largest absolute Gasteiger partial charge is 0.322 e. The Balaban J connectivity index is 2.33. The fourth-order valence-electron chi connectivity index (χ4n) is 3.87. The van der Waals surface area contributed by atoms with Crippen molar-refractivity contribution < 1.29 is 4.48 Å². The minimum atomic E-state index is 0.801. The van der Waals surface area contributed by atoms with Crippen LogP contribution in [0.4, 0.5) is 0 Å². The molecule has 0 N–H and O–H groups in total. The molecule has 0 amide bonds. The van der Waals surface area contributed by atoms with Gasteiger partial charge in [-0.3, -0.25) is 0 Å². The molecule has 0 saturated carbocycles. The van der Waals surface area contributed by atoms with Crippen LogP contribution in [0.15, 0.2) is 30.3 Å². The Morgan fingerprint density at radius 3 is 1.88 bits per heavy atom. The van der Waals surface area contributed by atoms with Gasteiger partial charge in [0.2, 0.25) is 0 Å². The number of rotatable bonds is 14. The molecule has 0 spiro atoms. The molecule has 0 aromatic heterocycles. The van der Waals surface area contributed by atoms with Crippen LogP contribution >= 0.6 is 0 Å². The number of hydrogen-bond acceptors (Lipinski definition) is 0. The molecule has 1 aromatic rings. The van der Waals surface area contributed by atoms with Crippen LogP contribution in [-0.4, -0.2) is 24.6 Å². The summed E-state index contributed by atoms with van der Waals surface area (Å²) in [4.78, 5) is 0. The second-order valence-electron chi connectivity index (χ2n) is 8.13. The summed E-state index contributed by atoms with van der Waals surface area (Å²) >= 11 is 0. The van der Waals surface area contributed by atoms with Crippen LogP contribution in [0.2, 0.25) is 0 Å². The van der Waals surface area contributed by atoms with Gasteiger partial charge in [-0.25, -0.2) is 0 Å². The third kappa shape index (κ3) is 8.87. The Kier molecular flexibility index (Phi) is 11.1. The van der Waals surface area contributed by atoms with Crippen molar-refractivity contribution >= 4 is 0 Å². The van der Waals surface area contributed by atoms with Crippen LogP contribution in [0.5, 0.6) is 0 Å². The fourth-order valence-corrected chi connectivity index (χ4v) is 3.87. The van der Waals surface area contributed by atoms with Crippen LogP contribution in [0.1, 0.15) is 90.0 Å². The van der Waals surface area contributed by atoms with E-state index >= 15 is 0 Å². The van der Waals surface area contributed by atoms with Crippen molar-refractivity contribution in [3.8, 4) is 0 Å². The van der Waals surface area contributed by atoms with Crippen molar-refractivity contribution in [3.63, 3.8) is 0 Å². The Labute approximate surface area is 152 Å². The predicted molar refractivity (Wildman–Crippen MR) is 108 cm³/mol. The number of quaternary nitrogens is 1. The first-order chi connectivity index (χ1) is 11.6. The summed E-state index contributed by atoms with van der Waals surface area (Å²) in [5.74, 6) is 0. The smallest absolute Gasteiger partial charge is 0.104 e. The van der Waals surface area contributed by atoms with E-state index in [2.05, 4.69) is 58.3 Å². The second-order valence-corrected chi connectivity index (χ2v) is 8.13. The average molecular weight is 333 g/mol. The van der Waals surface area contributed by atoms with E-state index in [0.717, 1.165) is 17.1 Å². The molecule has 0 aliphatic carbocycles. The van der Waals surface area contributed by atoms with Crippen LogP contribution in [-0.2, 0) is 6.54 Å². The van der Waals surface area contributed by atoms with Gasteiger partial charge in [-0.15, -0.1) is 0 Å². The molecule has 138 valence electrons. The van der Waals surface area contributed by atoms with E-state index in [4.69, 9.17) is 0 Å². The van der Waals surface area contributed by atoms with Crippen molar-refractivity contribution in [2.24, 2.45) is 0 Å². The molecular weight excluding hydrogens is 290 g/mol. The molecule has 1 unspecified atom stereocenters. The quantitative estimate of drug-likeness (QED) is 0.255. The number of hydrogen-bond donors (Lipinski definition) is 0. The van der Waals surface area contributed by atoms with Crippen molar-refractivity contribution in [2.75, 3.05) is 14.1 Å². The zero-order valence-corrected chi connectivity index (χ0v) is 16.9. The minimum absolute atomic E-state index is 0.801. The summed E-state index contributed by atoms with van der Waals surface area (Å²) < 4.78 is 1.13. The molecule has 0 radical (unpaired) electrons. The third-order valence-corrected chi connectivity index (χ3v) is 5.43. The Morgan fingerprint density at radius 2 is 1.29 bits per heavy atom. The zero-order valence-electron chi connectivity index (χ0n) is 16.9. The van der Waals surface area contributed by atoms with E-state index < -0.39 is 0 Å². The van der Waals surface area contributed by atoms with Crippen LogP contribution < -0.4 is 0 Å². The van der Waals surface area contributed by atoms with Gasteiger partial charge in [0.05, 0.1) is 20.1 Å². The van der Waals surface area contributed by atoms with Crippen molar-refractivity contribution in [3.05, 3.63) is 35.9 Å². The minimum Gasteiger partial charge on any atom is -0.322 e. The number of unbranched alkanes of at least 4 members (excludes halogenated alkanes) is 7. The van der Waals surface area contributed by atoms with Gasteiger partial charge in [0.25, 0.3) is 0 Å². The Hall–Kier alpha value is -0.820. The molecule has 0 fully saturated rings. The Morgan fingerprint density at radius 1 is 0.708 bits per heavy atom. The van der Waals surface area contributed by atoms with Gasteiger partial charge in [-0.1, -0.05) is 95.5 Å². The highest BCUT2D eigenvalue weighted by molar-refractivity contribution is 5.13. The first-order valence-electron chi connectivity index (χ1n) is 10.5. The van der Waals surface area contributed by atoms with E-state index in [1.807, 2.05) is 0 Å². The Bertz CT molecular complexity index is 396. The monoisotopic (exact) mass is 332 g/mol. The molecule has 1 heteroatoms. The van der Waals surface area contributed by atoms with E-state index in [0.29, 0.717) is 0 Å². The first-order valence-corrected chi connectivity index (χ1v) is 10.5. The maximum atomic E-state index is 2.43. The molecule has 0 aliphatic rings. The van der Waals surface area contributed by atoms with Crippen molar-refractivity contribution in [2.45, 2.75) is 97.1 Å². The molecule has 0 aliphatic heterocycles. The molecule has 1 rings (SSSR count). The SMILES string of the molecule is CCCCCCCCCCC(CCC)[N+](C)(C)Cc1ccccc1. The zero-order chi connectivity index (χ0) is 17.7. The lowest BCUT2D eigenvalue weighted by molar-refractivity contribution is -0.928. The van der Waals surface area contributed by atoms with Gasteiger partial charge in [-0.05, 0) is 19.3 Å². The van der Waals surface area contributed by atoms with Gasteiger partial charge in [0.1, 0.15) is 6.54 Å². The van der Waals surface area contributed by atoms with Gasteiger partial charge in [0.15, 0.2) is 0 Å². The summed E-state index contributed by atoms with van der Waals surface area (Å²) in [6.45, 7) is 5.79. The van der Waals surface area contributed by atoms with Gasteiger partial charge < -0.3 is 4.48 Å². The normalized spacial score (nSPS) is 13.2. The van der Waals surface area contributed by atoms with Gasteiger partial charge in [-0.2, -0.15) is 0 Å². The summed E-state index contributed by atoms with van der Waals surface area (Å²) in [5.41, 5.74) is 1.47. The lowest BCUT2D eigenvalue weighted by Gasteiger charge is -2.38. The van der Waals surface area contributed by atoms with E-state index in [-0.39, 0.29) is 0 Å². The standard InChI is InChI=1S/C23H42N/c1-5-7-8-9-10-11-12-16-20-23(17-6-2)24(3,4)21-22-18-14-13-15-19-22/h13-15,18-19,23H,5-12,16-17,20-21H2,1-4H3/q+1. The summed E-state index contributed by atoms with van der Waals surface area (Å²) in [6, 6.07) is 11.8.